The molecule has 2 atom stereocenters. The maximum Gasteiger partial charge on any atom is 0.274 e. The second-order valence-electron chi connectivity index (χ2n) is 6.67. The van der Waals surface area contributed by atoms with Crippen LogP contribution in [0.5, 0.6) is 0 Å². The smallest absolute Gasteiger partial charge is 0.274 e. The van der Waals surface area contributed by atoms with Crippen molar-refractivity contribution in [3.8, 4) is 5.69 Å². The summed E-state index contributed by atoms with van der Waals surface area (Å²) >= 11 is 0. The van der Waals surface area contributed by atoms with E-state index in [0.717, 1.165) is 44.7 Å². The van der Waals surface area contributed by atoms with Gasteiger partial charge in [-0.05, 0) is 68.1 Å². The van der Waals surface area contributed by atoms with Gasteiger partial charge in [0, 0.05) is 19.3 Å². The number of nitrogens with one attached hydrogen (secondary N) is 1. The van der Waals surface area contributed by atoms with Gasteiger partial charge in [0.1, 0.15) is 5.82 Å². The van der Waals surface area contributed by atoms with E-state index in [9.17, 15) is 9.18 Å². The number of aromatic nitrogens is 2. The number of hydrogen-bond acceptors (Lipinski definition) is 3. The highest BCUT2D eigenvalue weighted by Gasteiger charge is 2.32. The fourth-order valence-corrected chi connectivity index (χ4v) is 3.76. The molecule has 3 heterocycles. The zero-order chi connectivity index (χ0) is 16.5. The SMILES string of the molecule is O=C(c1ccn(-c2ccc(F)cc2)n1)N1CC[C@@H]2CNC[C@@H]2CC1. The molecule has 2 fully saturated rings. The highest BCUT2D eigenvalue weighted by atomic mass is 19.1. The predicted octanol–water partition coefficient (Wildman–Crippen LogP) is 2.08. The van der Waals surface area contributed by atoms with Gasteiger partial charge in [0.15, 0.2) is 5.69 Å². The Morgan fingerprint density at radius 2 is 1.75 bits per heavy atom. The van der Waals surface area contributed by atoms with Crippen molar-refractivity contribution in [2.45, 2.75) is 12.8 Å². The second-order valence-corrected chi connectivity index (χ2v) is 6.67. The second kappa shape index (κ2) is 6.36. The molecular weight excluding hydrogens is 307 g/mol. The lowest BCUT2D eigenvalue weighted by Gasteiger charge is -2.19. The van der Waals surface area contributed by atoms with Crippen LogP contribution in [0.25, 0.3) is 5.69 Å². The largest absolute Gasteiger partial charge is 0.337 e. The van der Waals surface area contributed by atoms with E-state index in [4.69, 9.17) is 0 Å². The normalized spacial score (nSPS) is 23.8. The third kappa shape index (κ3) is 2.94. The van der Waals surface area contributed by atoms with E-state index in [1.54, 1.807) is 29.1 Å². The number of carbonyl (C=O) groups is 1. The zero-order valence-corrected chi connectivity index (χ0v) is 13.5. The van der Waals surface area contributed by atoms with Crippen LogP contribution in [0.1, 0.15) is 23.3 Å². The molecule has 0 aliphatic carbocycles. The molecule has 0 unspecified atom stereocenters. The molecule has 0 saturated carbocycles. The van der Waals surface area contributed by atoms with Crippen LogP contribution in [0.2, 0.25) is 0 Å². The maximum atomic E-state index is 13.0. The van der Waals surface area contributed by atoms with Gasteiger partial charge in [-0.25, -0.2) is 9.07 Å². The molecule has 1 aromatic heterocycles. The Labute approximate surface area is 140 Å². The van der Waals surface area contributed by atoms with Crippen molar-refractivity contribution in [2.75, 3.05) is 26.2 Å². The average Bonchev–Trinajstić information content (AvgIpc) is 3.21. The lowest BCUT2D eigenvalue weighted by Crippen LogP contribution is -2.33. The van der Waals surface area contributed by atoms with E-state index >= 15 is 0 Å². The number of hydrogen-bond donors (Lipinski definition) is 1. The molecule has 6 heteroatoms. The Morgan fingerprint density at radius 1 is 1.08 bits per heavy atom. The summed E-state index contributed by atoms with van der Waals surface area (Å²) in [5, 5.41) is 7.83. The van der Waals surface area contributed by atoms with Crippen molar-refractivity contribution < 1.29 is 9.18 Å². The average molecular weight is 328 g/mol. The predicted molar refractivity (Wildman–Crippen MR) is 88.5 cm³/mol. The van der Waals surface area contributed by atoms with Crippen molar-refractivity contribution in [1.82, 2.24) is 20.0 Å². The first kappa shape index (κ1) is 15.3. The number of benzene rings is 1. The highest BCUT2D eigenvalue weighted by molar-refractivity contribution is 5.92. The van der Waals surface area contributed by atoms with Gasteiger partial charge in [-0.2, -0.15) is 5.10 Å². The third-order valence-corrected chi connectivity index (χ3v) is 5.21. The minimum atomic E-state index is -0.285. The topological polar surface area (TPSA) is 50.2 Å². The zero-order valence-electron chi connectivity index (χ0n) is 13.5. The van der Waals surface area contributed by atoms with Crippen molar-refractivity contribution in [3.05, 3.63) is 48.0 Å². The molecule has 2 aliphatic rings. The van der Waals surface area contributed by atoms with Gasteiger partial charge >= 0.3 is 0 Å². The summed E-state index contributed by atoms with van der Waals surface area (Å²) in [6.07, 6.45) is 3.86. The van der Waals surface area contributed by atoms with Crippen molar-refractivity contribution in [2.24, 2.45) is 11.8 Å². The van der Waals surface area contributed by atoms with Gasteiger partial charge in [-0.3, -0.25) is 4.79 Å². The molecule has 1 amide bonds. The molecule has 1 aromatic carbocycles. The standard InChI is InChI=1S/C18H21FN4O/c19-15-1-3-16(4-2-15)23-10-7-17(21-23)18(24)22-8-5-13-11-20-12-14(13)6-9-22/h1-4,7,10,13-14,20H,5-6,8-9,11-12H2/t13-,14+. The number of fused-ring (bicyclic) bond motifs is 1. The molecule has 126 valence electrons. The van der Waals surface area contributed by atoms with Crippen LogP contribution in [0.3, 0.4) is 0 Å². The Morgan fingerprint density at radius 3 is 2.42 bits per heavy atom. The van der Waals surface area contributed by atoms with Crippen molar-refractivity contribution in [3.63, 3.8) is 0 Å². The molecule has 0 spiro atoms. The molecular formula is C18H21FN4O. The van der Waals surface area contributed by atoms with Gasteiger partial charge in [0.2, 0.25) is 0 Å². The lowest BCUT2D eigenvalue weighted by atomic mass is 9.92. The van der Waals surface area contributed by atoms with Gasteiger partial charge in [-0.15, -0.1) is 0 Å². The molecule has 2 saturated heterocycles. The number of amides is 1. The van der Waals surface area contributed by atoms with E-state index in [-0.39, 0.29) is 11.7 Å². The number of halogens is 1. The lowest BCUT2D eigenvalue weighted by molar-refractivity contribution is 0.0752. The van der Waals surface area contributed by atoms with Crippen LogP contribution in [-0.2, 0) is 0 Å². The maximum absolute atomic E-state index is 13.0. The van der Waals surface area contributed by atoms with Crippen molar-refractivity contribution in [1.29, 1.82) is 0 Å². The van der Waals surface area contributed by atoms with Crippen LogP contribution in [-0.4, -0.2) is 46.8 Å². The summed E-state index contributed by atoms with van der Waals surface area (Å²) in [6.45, 7) is 3.74. The molecule has 1 N–H and O–H groups in total. The molecule has 4 rings (SSSR count). The van der Waals surface area contributed by atoms with Crippen LogP contribution in [0, 0.1) is 17.7 Å². The molecule has 24 heavy (non-hydrogen) atoms. The van der Waals surface area contributed by atoms with Crippen LogP contribution < -0.4 is 5.32 Å². The first-order valence-corrected chi connectivity index (χ1v) is 8.52. The number of rotatable bonds is 2. The molecule has 5 nitrogen and oxygen atoms in total. The summed E-state index contributed by atoms with van der Waals surface area (Å²) in [6, 6.07) is 7.81. The number of carbonyl (C=O) groups excluding carboxylic acids is 1. The Hall–Kier alpha value is -2.21. The molecule has 0 radical (unpaired) electrons. The van der Waals surface area contributed by atoms with Gasteiger partial charge < -0.3 is 10.2 Å². The summed E-state index contributed by atoms with van der Waals surface area (Å²) < 4.78 is 14.6. The van der Waals surface area contributed by atoms with Crippen molar-refractivity contribution >= 4 is 5.91 Å². The van der Waals surface area contributed by atoms with E-state index in [1.807, 2.05) is 4.90 Å². The first-order valence-electron chi connectivity index (χ1n) is 8.52. The van der Waals surface area contributed by atoms with Crippen LogP contribution in [0.15, 0.2) is 36.5 Å². The Balaban J connectivity index is 1.47. The monoisotopic (exact) mass is 328 g/mol. The minimum absolute atomic E-state index is 0.0104. The number of nitrogens with zero attached hydrogens (tertiary/aromatic N) is 3. The fourth-order valence-electron chi connectivity index (χ4n) is 3.76. The molecule has 2 aromatic rings. The molecule has 0 bridgehead atoms. The summed E-state index contributed by atoms with van der Waals surface area (Å²) in [7, 11) is 0. The minimum Gasteiger partial charge on any atom is -0.337 e. The Kier molecular flexibility index (Phi) is 4.06. The van der Waals surface area contributed by atoms with E-state index in [0.29, 0.717) is 17.5 Å². The first-order chi connectivity index (χ1) is 11.7. The third-order valence-electron chi connectivity index (χ3n) is 5.21. The van der Waals surface area contributed by atoms with Crippen LogP contribution >= 0.6 is 0 Å². The number of likely N-dealkylation sites (tertiary alicyclic amines) is 1. The van der Waals surface area contributed by atoms with E-state index in [2.05, 4.69) is 10.4 Å². The summed E-state index contributed by atoms with van der Waals surface area (Å²) in [5.41, 5.74) is 1.19. The highest BCUT2D eigenvalue weighted by Crippen LogP contribution is 2.27. The fraction of sp³-hybridized carbons (Fsp3) is 0.444. The van der Waals surface area contributed by atoms with Gasteiger partial charge in [0.25, 0.3) is 5.91 Å². The molecule has 2 aliphatic heterocycles. The quantitative estimate of drug-likeness (QED) is 0.918. The summed E-state index contributed by atoms with van der Waals surface area (Å²) in [4.78, 5) is 14.7. The van der Waals surface area contributed by atoms with Gasteiger partial charge in [0.05, 0.1) is 5.69 Å². The summed E-state index contributed by atoms with van der Waals surface area (Å²) in [5.74, 6) is 1.09. The Bertz CT molecular complexity index is 713. The van der Waals surface area contributed by atoms with Gasteiger partial charge in [-0.1, -0.05) is 0 Å². The van der Waals surface area contributed by atoms with Crippen LogP contribution in [0.4, 0.5) is 4.39 Å². The van der Waals surface area contributed by atoms with E-state index < -0.39 is 0 Å². The van der Waals surface area contributed by atoms with E-state index in [1.165, 1.54) is 12.1 Å².